The highest BCUT2D eigenvalue weighted by Gasteiger charge is 2.26. The molecule has 28 heavy (non-hydrogen) atoms. The Morgan fingerprint density at radius 1 is 1.25 bits per heavy atom. The summed E-state index contributed by atoms with van der Waals surface area (Å²) in [5.74, 6) is -0.0503. The van der Waals surface area contributed by atoms with Crippen LogP contribution in [0.1, 0.15) is 36.2 Å². The Labute approximate surface area is 169 Å². The number of aliphatic hydroxyl groups is 1. The minimum absolute atomic E-state index is 0.168. The van der Waals surface area contributed by atoms with Crippen molar-refractivity contribution in [1.29, 1.82) is 0 Å². The highest BCUT2D eigenvalue weighted by molar-refractivity contribution is 6.30. The van der Waals surface area contributed by atoms with Crippen molar-refractivity contribution in [3.05, 3.63) is 41.2 Å². The number of aliphatic hydroxyl groups excluding tert-OH is 1. The fourth-order valence-electron chi connectivity index (χ4n) is 3.13. The lowest BCUT2D eigenvalue weighted by Crippen LogP contribution is -2.45. The highest BCUT2D eigenvalue weighted by Crippen LogP contribution is 2.27. The predicted molar refractivity (Wildman–Crippen MR) is 106 cm³/mol. The average molecular weight is 406 g/mol. The first kappa shape index (κ1) is 20.5. The average Bonchev–Trinajstić information content (AvgIpc) is 2.71. The molecule has 2 N–H and O–H groups in total. The molecule has 0 spiro atoms. The SMILES string of the molecule is COCCOc1ncc(C(=O)N[C@@H]2CCCC[C@H]2O)nc1-c1ccc(Cl)cc1. The number of hydrogen-bond donors (Lipinski definition) is 2. The molecule has 2 aromatic rings. The number of nitrogens with one attached hydrogen (secondary N) is 1. The fraction of sp³-hybridized carbons (Fsp3) is 0.450. The van der Waals surface area contributed by atoms with Crippen molar-refractivity contribution in [2.24, 2.45) is 0 Å². The van der Waals surface area contributed by atoms with Gasteiger partial charge in [-0.25, -0.2) is 9.97 Å². The van der Waals surface area contributed by atoms with Crippen molar-refractivity contribution in [2.75, 3.05) is 20.3 Å². The first-order valence-corrected chi connectivity index (χ1v) is 9.70. The van der Waals surface area contributed by atoms with Gasteiger partial charge < -0.3 is 19.9 Å². The number of halogens is 1. The third-order valence-corrected chi connectivity index (χ3v) is 4.91. The lowest BCUT2D eigenvalue weighted by molar-refractivity contribution is 0.0713. The molecule has 1 aliphatic carbocycles. The van der Waals surface area contributed by atoms with Gasteiger partial charge in [-0.05, 0) is 25.0 Å². The van der Waals surface area contributed by atoms with Gasteiger partial charge in [0.25, 0.3) is 5.91 Å². The van der Waals surface area contributed by atoms with E-state index in [-0.39, 0.29) is 17.6 Å². The zero-order chi connectivity index (χ0) is 19.9. The first-order chi connectivity index (χ1) is 13.6. The summed E-state index contributed by atoms with van der Waals surface area (Å²) >= 11 is 5.97. The molecule has 1 amide bonds. The zero-order valence-corrected chi connectivity index (χ0v) is 16.5. The molecule has 0 unspecified atom stereocenters. The van der Waals surface area contributed by atoms with Crippen LogP contribution >= 0.6 is 11.6 Å². The summed E-state index contributed by atoms with van der Waals surface area (Å²) in [5, 5.41) is 13.6. The van der Waals surface area contributed by atoms with Gasteiger partial charge in [0.2, 0.25) is 5.88 Å². The third-order valence-electron chi connectivity index (χ3n) is 4.66. The Kier molecular flexibility index (Phi) is 7.19. The molecule has 1 fully saturated rings. The summed E-state index contributed by atoms with van der Waals surface area (Å²) in [5.41, 5.74) is 1.35. The van der Waals surface area contributed by atoms with E-state index in [0.29, 0.717) is 36.2 Å². The molecule has 0 bridgehead atoms. The largest absolute Gasteiger partial charge is 0.474 e. The van der Waals surface area contributed by atoms with Gasteiger partial charge in [-0.2, -0.15) is 0 Å². The molecule has 1 aliphatic rings. The second-order valence-corrected chi connectivity index (χ2v) is 7.13. The molecule has 8 heteroatoms. The second-order valence-electron chi connectivity index (χ2n) is 6.69. The minimum atomic E-state index is -0.530. The molecule has 0 saturated heterocycles. The first-order valence-electron chi connectivity index (χ1n) is 9.32. The van der Waals surface area contributed by atoms with Crippen molar-refractivity contribution in [3.8, 4) is 17.1 Å². The van der Waals surface area contributed by atoms with Gasteiger partial charge in [0, 0.05) is 17.7 Å². The number of carbonyl (C=O) groups is 1. The molecule has 1 aromatic carbocycles. The van der Waals surface area contributed by atoms with E-state index < -0.39 is 6.10 Å². The number of methoxy groups -OCH3 is 1. The van der Waals surface area contributed by atoms with E-state index in [4.69, 9.17) is 21.1 Å². The second kappa shape index (κ2) is 9.82. The van der Waals surface area contributed by atoms with Crippen LogP contribution in [0.5, 0.6) is 5.88 Å². The minimum Gasteiger partial charge on any atom is -0.474 e. The number of nitrogens with zero attached hydrogens (tertiary/aromatic N) is 2. The van der Waals surface area contributed by atoms with E-state index in [1.54, 1.807) is 31.4 Å². The zero-order valence-electron chi connectivity index (χ0n) is 15.7. The Hall–Kier alpha value is -2.22. The van der Waals surface area contributed by atoms with Crippen LogP contribution in [0.3, 0.4) is 0 Å². The smallest absolute Gasteiger partial charge is 0.271 e. The molecule has 1 aromatic heterocycles. The van der Waals surface area contributed by atoms with Crippen LogP contribution in [0, 0.1) is 0 Å². The molecule has 1 heterocycles. The Balaban J connectivity index is 1.84. The van der Waals surface area contributed by atoms with Gasteiger partial charge in [-0.3, -0.25) is 4.79 Å². The van der Waals surface area contributed by atoms with Crippen molar-refractivity contribution < 1.29 is 19.4 Å². The van der Waals surface area contributed by atoms with Crippen LogP contribution in [0.25, 0.3) is 11.3 Å². The van der Waals surface area contributed by atoms with Crippen molar-refractivity contribution in [1.82, 2.24) is 15.3 Å². The number of hydrogen-bond acceptors (Lipinski definition) is 6. The summed E-state index contributed by atoms with van der Waals surface area (Å²) in [6, 6.07) is 6.80. The maximum absolute atomic E-state index is 12.7. The van der Waals surface area contributed by atoms with Crippen molar-refractivity contribution in [3.63, 3.8) is 0 Å². The van der Waals surface area contributed by atoms with Crippen LogP contribution in [-0.2, 0) is 4.74 Å². The molecular formula is C20H24ClN3O4. The maximum Gasteiger partial charge on any atom is 0.271 e. The lowest BCUT2D eigenvalue weighted by Gasteiger charge is -2.28. The van der Waals surface area contributed by atoms with Crippen LogP contribution in [-0.4, -0.2) is 53.5 Å². The molecule has 150 valence electrons. The van der Waals surface area contributed by atoms with Crippen LogP contribution < -0.4 is 10.1 Å². The van der Waals surface area contributed by atoms with E-state index >= 15 is 0 Å². The van der Waals surface area contributed by atoms with E-state index in [9.17, 15) is 9.90 Å². The van der Waals surface area contributed by atoms with Gasteiger partial charge in [-0.1, -0.05) is 36.6 Å². The number of amides is 1. The third kappa shape index (κ3) is 5.19. The summed E-state index contributed by atoms with van der Waals surface area (Å²) in [6.07, 6.45) is 4.25. The number of aromatic nitrogens is 2. The van der Waals surface area contributed by atoms with E-state index in [1.807, 2.05) is 0 Å². The number of rotatable bonds is 7. The topological polar surface area (TPSA) is 93.6 Å². The standard InChI is InChI=1S/C20H24ClN3O4/c1-27-10-11-28-20-18(13-6-8-14(21)9-7-13)23-16(12-22-20)19(26)24-15-4-2-3-5-17(15)25/h6-9,12,15,17,25H,2-5,10-11H2,1H3,(H,24,26)/t15-,17-/m1/s1. The predicted octanol–water partition coefficient (Wildman–Crippen LogP) is 2.86. The molecule has 7 nitrogen and oxygen atoms in total. The van der Waals surface area contributed by atoms with Gasteiger partial charge in [0.15, 0.2) is 0 Å². The quantitative estimate of drug-likeness (QED) is 0.688. The van der Waals surface area contributed by atoms with Gasteiger partial charge >= 0.3 is 0 Å². The summed E-state index contributed by atoms with van der Waals surface area (Å²) in [6.45, 7) is 0.717. The van der Waals surface area contributed by atoms with E-state index in [1.165, 1.54) is 6.20 Å². The maximum atomic E-state index is 12.7. The lowest BCUT2D eigenvalue weighted by atomic mass is 9.92. The number of benzene rings is 1. The Bertz CT molecular complexity index is 801. The normalized spacial score (nSPS) is 19.2. The molecule has 2 atom stereocenters. The molecule has 1 saturated carbocycles. The molecule has 0 aliphatic heterocycles. The van der Waals surface area contributed by atoms with Crippen LogP contribution in [0.15, 0.2) is 30.5 Å². The number of ether oxygens (including phenoxy) is 2. The highest BCUT2D eigenvalue weighted by atomic mass is 35.5. The van der Waals surface area contributed by atoms with Crippen molar-refractivity contribution in [2.45, 2.75) is 37.8 Å². The fourth-order valence-corrected chi connectivity index (χ4v) is 3.26. The van der Waals surface area contributed by atoms with Crippen LogP contribution in [0.2, 0.25) is 5.02 Å². The van der Waals surface area contributed by atoms with E-state index in [2.05, 4.69) is 15.3 Å². The van der Waals surface area contributed by atoms with Gasteiger partial charge in [0.1, 0.15) is 18.0 Å². The van der Waals surface area contributed by atoms with Crippen molar-refractivity contribution >= 4 is 17.5 Å². The Morgan fingerprint density at radius 2 is 2.00 bits per heavy atom. The monoisotopic (exact) mass is 405 g/mol. The molecular weight excluding hydrogens is 382 g/mol. The molecule has 3 rings (SSSR count). The van der Waals surface area contributed by atoms with Gasteiger partial charge in [0.05, 0.1) is 24.9 Å². The van der Waals surface area contributed by atoms with Crippen LogP contribution in [0.4, 0.5) is 0 Å². The summed E-state index contributed by atoms with van der Waals surface area (Å²) in [7, 11) is 1.59. The van der Waals surface area contributed by atoms with E-state index in [0.717, 1.165) is 24.8 Å². The number of carbonyl (C=O) groups excluding carboxylic acids is 1. The Morgan fingerprint density at radius 3 is 2.71 bits per heavy atom. The summed E-state index contributed by atoms with van der Waals surface area (Å²) in [4.78, 5) is 21.4. The van der Waals surface area contributed by atoms with Gasteiger partial charge in [-0.15, -0.1) is 0 Å². The summed E-state index contributed by atoms with van der Waals surface area (Å²) < 4.78 is 10.7. The molecule has 0 radical (unpaired) electrons.